The molecule has 0 aliphatic heterocycles. The maximum absolute atomic E-state index is 12.5. The van der Waals surface area contributed by atoms with Crippen LogP contribution in [0.4, 0.5) is 0 Å². The highest BCUT2D eigenvalue weighted by Gasteiger charge is 2.37. The van der Waals surface area contributed by atoms with Crippen molar-refractivity contribution in [1.82, 2.24) is 15.1 Å². The number of hydrogen-bond acceptors (Lipinski definition) is 4. The number of hydrogen-bond donors (Lipinski definition) is 1. The van der Waals surface area contributed by atoms with E-state index >= 15 is 0 Å². The number of aliphatic hydroxyl groups excluding tert-OH is 1. The number of carbonyl (C=O) groups excluding carboxylic acids is 1. The van der Waals surface area contributed by atoms with Gasteiger partial charge in [-0.2, -0.15) is 10.2 Å². The molecule has 0 bridgehead atoms. The Labute approximate surface area is 137 Å². The van der Waals surface area contributed by atoms with Crippen LogP contribution in [0, 0.1) is 0 Å². The molecule has 0 fully saturated rings. The molecule has 3 rings (SSSR count). The first-order chi connectivity index (χ1) is 10.5. The second kappa shape index (κ2) is 5.83. The Morgan fingerprint density at radius 1 is 1.36 bits per heavy atom. The molecule has 22 heavy (non-hydrogen) atoms. The van der Waals surface area contributed by atoms with Crippen molar-refractivity contribution >= 4 is 29.1 Å². The van der Waals surface area contributed by atoms with Gasteiger partial charge in [0.15, 0.2) is 0 Å². The number of benzene rings is 1. The van der Waals surface area contributed by atoms with Crippen LogP contribution in [0.3, 0.4) is 0 Å². The fourth-order valence-corrected chi connectivity index (χ4v) is 3.43. The lowest BCUT2D eigenvalue weighted by Crippen LogP contribution is -2.36. The molecule has 1 heterocycles. The van der Waals surface area contributed by atoms with E-state index in [0.29, 0.717) is 22.0 Å². The van der Waals surface area contributed by atoms with Crippen LogP contribution in [0.25, 0.3) is 0 Å². The molecule has 0 spiro atoms. The van der Waals surface area contributed by atoms with Gasteiger partial charge in [-0.3, -0.25) is 4.79 Å². The zero-order valence-corrected chi connectivity index (χ0v) is 13.2. The molecule has 1 N–H and O–H groups in total. The van der Waals surface area contributed by atoms with Gasteiger partial charge in [0.1, 0.15) is 0 Å². The predicted molar refractivity (Wildman–Crippen MR) is 83.0 cm³/mol. The summed E-state index contributed by atoms with van der Waals surface area (Å²) in [5.74, 6) is -0.247. The zero-order valence-electron chi connectivity index (χ0n) is 11.7. The molecule has 0 saturated carbocycles. The normalized spacial score (nSPS) is 19.8. The summed E-state index contributed by atoms with van der Waals surface area (Å²) >= 11 is 12.2. The van der Waals surface area contributed by atoms with E-state index in [-0.39, 0.29) is 5.91 Å². The lowest BCUT2D eigenvalue weighted by Gasteiger charge is -2.28. The summed E-state index contributed by atoms with van der Waals surface area (Å²) in [6.45, 7) is 0. The van der Waals surface area contributed by atoms with Crippen molar-refractivity contribution in [3.63, 3.8) is 0 Å². The van der Waals surface area contributed by atoms with Gasteiger partial charge in [0, 0.05) is 23.5 Å². The third-order valence-electron chi connectivity index (χ3n) is 3.86. The second-order valence-corrected chi connectivity index (χ2v) is 6.06. The number of rotatable bonds is 2. The van der Waals surface area contributed by atoms with Gasteiger partial charge in [-0.15, -0.1) is 0 Å². The summed E-state index contributed by atoms with van der Waals surface area (Å²) in [5, 5.41) is 18.7. The van der Waals surface area contributed by atoms with E-state index < -0.39 is 12.1 Å². The zero-order chi connectivity index (χ0) is 15.9. The van der Waals surface area contributed by atoms with Crippen LogP contribution in [-0.2, 0) is 6.42 Å². The van der Waals surface area contributed by atoms with Crippen LogP contribution in [-0.4, -0.2) is 39.3 Å². The monoisotopic (exact) mass is 337 g/mol. The van der Waals surface area contributed by atoms with Crippen molar-refractivity contribution in [2.75, 3.05) is 7.05 Å². The van der Waals surface area contributed by atoms with Crippen molar-refractivity contribution in [2.45, 2.75) is 18.6 Å². The minimum absolute atomic E-state index is 0.247. The molecule has 0 saturated heterocycles. The van der Waals surface area contributed by atoms with Gasteiger partial charge in [0.05, 0.1) is 30.1 Å². The van der Waals surface area contributed by atoms with Crippen LogP contribution >= 0.6 is 23.2 Å². The molecule has 1 aromatic carbocycles. The maximum Gasteiger partial charge on any atom is 0.255 e. The quantitative estimate of drug-likeness (QED) is 0.914. The predicted octanol–water partition coefficient (Wildman–Crippen LogP) is 2.51. The van der Waals surface area contributed by atoms with Crippen LogP contribution in [0.2, 0.25) is 10.0 Å². The minimum Gasteiger partial charge on any atom is -0.390 e. The summed E-state index contributed by atoms with van der Waals surface area (Å²) in [4.78, 5) is 14.0. The van der Waals surface area contributed by atoms with Crippen molar-refractivity contribution in [3.05, 3.63) is 57.3 Å². The number of halogens is 2. The van der Waals surface area contributed by atoms with E-state index in [9.17, 15) is 9.90 Å². The Morgan fingerprint density at radius 2 is 2.14 bits per heavy atom. The van der Waals surface area contributed by atoms with E-state index in [1.54, 1.807) is 25.2 Å². The average molecular weight is 338 g/mol. The number of carbonyl (C=O) groups is 1. The number of likely N-dealkylation sites (N-methyl/N-ethyl adjacent to an activating group) is 1. The van der Waals surface area contributed by atoms with Gasteiger partial charge in [0.2, 0.25) is 0 Å². The Kier molecular flexibility index (Phi) is 4.04. The molecular weight excluding hydrogens is 325 g/mol. The molecule has 2 aromatic rings. The van der Waals surface area contributed by atoms with Gasteiger partial charge in [0.25, 0.3) is 5.91 Å². The van der Waals surface area contributed by atoms with Crippen molar-refractivity contribution in [3.8, 4) is 0 Å². The lowest BCUT2D eigenvalue weighted by atomic mass is 10.1. The number of amides is 1. The maximum atomic E-state index is 12.5. The molecular formula is C15H13Cl2N3O2. The SMILES string of the molecule is CN(C(=O)c1ccnnc1)[C@@H]1c2cc(Cl)cc(Cl)c2C[C@@H]1O. The number of aromatic nitrogens is 2. The molecule has 2 atom stereocenters. The Morgan fingerprint density at radius 3 is 2.82 bits per heavy atom. The highest BCUT2D eigenvalue weighted by molar-refractivity contribution is 6.35. The molecule has 1 aliphatic rings. The number of nitrogens with zero attached hydrogens (tertiary/aromatic N) is 3. The second-order valence-electron chi connectivity index (χ2n) is 5.22. The first-order valence-corrected chi connectivity index (χ1v) is 7.44. The van der Waals surface area contributed by atoms with Crippen LogP contribution in [0.15, 0.2) is 30.6 Å². The number of fused-ring (bicyclic) bond motifs is 1. The van der Waals surface area contributed by atoms with Gasteiger partial charge >= 0.3 is 0 Å². The first kappa shape index (κ1) is 15.2. The van der Waals surface area contributed by atoms with Gasteiger partial charge < -0.3 is 10.0 Å². The highest BCUT2D eigenvalue weighted by atomic mass is 35.5. The third-order valence-corrected chi connectivity index (χ3v) is 4.42. The van der Waals surface area contributed by atoms with Gasteiger partial charge in [-0.1, -0.05) is 23.2 Å². The summed E-state index contributed by atoms with van der Waals surface area (Å²) in [6, 6.07) is 4.48. The van der Waals surface area contributed by atoms with E-state index in [0.717, 1.165) is 11.1 Å². The molecule has 0 unspecified atom stereocenters. The topological polar surface area (TPSA) is 66.3 Å². The molecule has 7 heteroatoms. The molecule has 114 valence electrons. The van der Waals surface area contributed by atoms with Crippen molar-refractivity contribution in [2.24, 2.45) is 0 Å². The molecule has 1 amide bonds. The Hall–Kier alpha value is -1.69. The fourth-order valence-electron chi connectivity index (χ4n) is 2.84. The van der Waals surface area contributed by atoms with Gasteiger partial charge in [-0.05, 0) is 29.3 Å². The first-order valence-electron chi connectivity index (χ1n) is 6.68. The minimum atomic E-state index is -0.727. The Balaban J connectivity index is 1.98. The molecule has 5 nitrogen and oxygen atoms in total. The van der Waals surface area contributed by atoms with Crippen molar-refractivity contribution in [1.29, 1.82) is 0 Å². The third kappa shape index (κ3) is 2.56. The van der Waals surface area contributed by atoms with Gasteiger partial charge in [-0.25, -0.2) is 0 Å². The van der Waals surface area contributed by atoms with Crippen molar-refractivity contribution < 1.29 is 9.90 Å². The van der Waals surface area contributed by atoms with Crippen LogP contribution < -0.4 is 0 Å². The summed E-state index contributed by atoms with van der Waals surface area (Å²) in [7, 11) is 1.64. The standard InChI is InChI=1S/C15H13Cl2N3O2/c1-20(15(22)8-2-3-18-19-7-8)14-11-4-9(16)5-12(17)10(11)6-13(14)21/h2-5,7,13-14,21H,6H2,1H3/t13-,14+/m0/s1. The fraction of sp³-hybridized carbons (Fsp3) is 0.267. The summed E-state index contributed by atoms with van der Waals surface area (Å²) in [6.07, 6.45) is 2.51. The van der Waals surface area contributed by atoms with Crippen LogP contribution in [0.5, 0.6) is 0 Å². The lowest BCUT2D eigenvalue weighted by molar-refractivity contribution is 0.0497. The molecule has 1 aromatic heterocycles. The van der Waals surface area contributed by atoms with E-state index in [2.05, 4.69) is 10.2 Å². The highest BCUT2D eigenvalue weighted by Crippen LogP contribution is 2.41. The van der Waals surface area contributed by atoms with E-state index in [1.165, 1.54) is 17.3 Å². The molecule has 0 radical (unpaired) electrons. The summed E-state index contributed by atoms with van der Waals surface area (Å²) in [5.41, 5.74) is 2.02. The molecule has 1 aliphatic carbocycles. The summed E-state index contributed by atoms with van der Waals surface area (Å²) < 4.78 is 0. The van der Waals surface area contributed by atoms with Crippen LogP contribution in [0.1, 0.15) is 27.5 Å². The Bertz CT molecular complexity index is 724. The van der Waals surface area contributed by atoms with E-state index in [1.807, 2.05) is 0 Å². The number of aliphatic hydroxyl groups is 1. The smallest absolute Gasteiger partial charge is 0.255 e. The van der Waals surface area contributed by atoms with E-state index in [4.69, 9.17) is 23.2 Å². The largest absolute Gasteiger partial charge is 0.390 e. The average Bonchev–Trinajstić information content (AvgIpc) is 2.83.